The molecule has 0 amide bonds. The van der Waals surface area contributed by atoms with E-state index in [9.17, 15) is 35.2 Å². The Kier molecular flexibility index (Phi) is 2.54. The maximum absolute atomic E-state index is 11.9. The van der Waals surface area contributed by atoms with Gasteiger partial charge in [0.05, 0.1) is 0 Å². The third kappa shape index (κ3) is 1.33. The number of guanidine groups is 1. The van der Waals surface area contributed by atoms with Crippen LogP contribution >= 0.6 is 7.82 Å². The van der Waals surface area contributed by atoms with Crippen molar-refractivity contribution in [1.29, 1.82) is 0 Å². The number of nitrogens with zero attached hydrogens (tertiary/aromatic N) is 1. The van der Waals surface area contributed by atoms with E-state index in [0.29, 0.717) is 0 Å². The SMILES string of the molecule is NC(N)=N[C@]1(O)[C@@H](O)[C@@H](O)[C@@]2(O)OP3(=O)O[C@@]1(O)[C@]2(O)O3. The van der Waals surface area contributed by atoms with Crippen LogP contribution in [0.15, 0.2) is 4.99 Å². The van der Waals surface area contributed by atoms with E-state index in [4.69, 9.17) is 11.5 Å². The van der Waals surface area contributed by atoms with Gasteiger partial charge in [-0.25, -0.2) is 23.1 Å². The van der Waals surface area contributed by atoms with E-state index in [2.05, 4.69) is 18.6 Å². The first kappa shape index (κ1) is 15.1. The van der Waals surface area contributed by atoms with Gasteiger partial charge in [0.15, 0.2) is 5.96 Å². The topological polar surface area (TPSA) is 231 Å². The quantitative estimate of drug-likeness (QED) is 0.128. The molecule has 0 aromatic heterocycles. The molecule has 1 unspecified atom stereocenters. The summed E-state index contributed by atoms with van der Waals surface area (Å²) in [7, 11) is -4.77. The fraction of sp³-hybridized carbons (Fsp3) is 0.857. The van der Waals surface area contributed by atoms with Crippen LogP contribution in [0.4, 0.5) is 0 Å². The van der Waals surface area contributed by atoms with Crippen LogP contribution in [0.3, 0.4) is 0 Å². The molecule has 7 atom stereocenters. The molecule has 2 heterocycles. The maximum Gasteiger partial charge on any atom is 0.483 e. The summed E-state index contributed by atoms with van der Waals surface area (Å²) in [5, 5.41) is 60.6. The van der Waals surface area contributed by atoms with Crippen LogP contribution in [0, 0.1) is 0 Å². The Bertz CT molecular complexity index is 597. The van der Waals surface area contributed by atoms with E-state index in [1.807, 2.05) is 0 Å². The fourth-order valence-electron chi connectivity index (χ4n) is 2.59. The summed E-state index contributed by atoms with van der Waals surface area (Å²) in [6.45, 7) is 0. The lowest BCUT2D eigenvalue weighted by Crippen LogP contribution is -2.86. The van der Waals surface area contributed by atoms with Gasteiger partial charge in [0.1, 0.15) is 12.2 Å². The van der Waals surface area contributed by atoms with Gasteiger partial charge in [-0.05, 0) is 0 Å². The lowest BCUT2D eigenvalue weighted by molar-refractivity contribution is -0.487. The summed E-state index contributed by atoms with van der Waals surface area (Å²) in [6.07, 6.45) is -5.03. The summed E-state index contributed by atoms with van der Waals surface area (Å²) in [4.78, 5) is 3.09. The zero-order chi connectivity index (χ0) is 16.1. The van der Waals surface area contributed by atoms with Gasteiger partial charge in [-0.2, -0.15) is 0 Å². The Morgan fingerprint density at radius 1 is 1.00 bits per heavy atom. The van der Waals surface area contributed by atoms with Crippen LogP contribution < -0.4 is 11.5 Å². The molecule has 10 N–H and O–H groups in total. The van der Waals surface area contributed by atoms with E-state index >= 15 is 0 Å². The second kappa shape index (κ2) is 3.55. The van der Waals surface area contributed by atoms with Crippen molar-refractivity contribution < 1.29 is 48.8 Å². The highest BCUT2D eigenvalue weighted by Crippen LogP contribution is 2.78. The highest BCUT2D eigenvalue weighted by atomic mass is 31.2. The third-order valence-corrected chi connectivity index (χ3v) is 5.07. The molecular formula is C7H12N3O10P. The highest BCUT2D eigenvalue weighted by molar-refractivity contribution is 7.49. The molecule has 2 aliphatic heterocycles. The first-order valence-electron chi connectivity index (χ1n) is 5.44. The summed E-state index contributed by atoms with van der Waals surface area (Å²) in [5.74, 6) is -11.1. The molecule has 14 heteroatoms. The summed E-state index contributed by atoms with van der Waals surface area (Å²) < 4.78 is 25.1. The predicted octanol–water partition coefficient (Wildman–Crippen LogP) is -5.07. The molecule has 3 fully saturated rings. The van der Waals surface area contributed by atoms with E-state index in [1.165, 1.54) is 0 Å². The van der Waals surface area contributed by atoms with Gasteiger partial charge in [0.25, 0.3) is 17.4 Å². The monoisotopic (exact) mass is 329 g/mol. The Balaban J connectivity index is 2.29. The number of aliphatic hydroxyl groups excluding tert-OH is 2. The highest BCUT2D eigenvalue weighted by Gasteiger charge is 2.94. The van der Waals surface area contributed by atoms with Crippen molar-refractivity contribution in [3.63, 3.8) is 0 Å². The second-order valence-corrected chi connectivity index (χ2v) is 6.30. The predicted molar refractivity (Wildman–Crippen MR) is 58.5 cm³/mol. The zero-order valence-electron chi connectivity index (χ0n) is 10.0. The number of phosphoric acid groups is 1. The number of phosphoric ester groups is 1. The molecule has 21 heavy (non-hydrogen) atoms. The number of nitrogens with two attached hydrogens (primary N) is 2. The summed E-state index contributed by atoms with van der Waals surface area (Å²) in [5.41, 5.74) is 6.75. The largest absolute Gasteiger partial charge is 0.483 e. The normalized spacial score (nSPS) is 61.8. The van der Waals surface area contributed by atoms with Gasteiger partial charge < -0.3 is 42.1 Å². The zero-order valence-corrected chi connectivity index (χ0v) is 10.9. The molecule has 3 rings (SSSR count). The van der Waals surface area contributed by atoms with Crippen molar-refractivity contribution in [3.8, 4) is 0 Å². The van der Waals surface area contributed by atoms with Crippen LogP contribution in [0.1, 0.15) is 0 Å². The molecule has 1 aliphatic carbocycles. The summed E-state index contributed by atoms with van der Waals surface area (Å²) in [6, 6.07) is 0. The van der Waals surface area contributed by atoms with Crippen molar-refractivity contribution in [2.24, 2.45) is 16.5 Å². The minimum Gasteiger partial charge on any atom is -0.385 e. The van der Waals surface area contributed by atoms with Gasteiger partial charge in [0, 0.05) is 0 Å². The van der Waals surface area contributed by atoms with Gasteiger partial charge in [-0.3, -0.25) is 0 Å². The number of hydrogen-bond acceptors (Lipinski definition) is 11. The first-order chi connectivity index (χ1) is 9.35. The van der Waals surface area contributed by atoms with E-state index in [0.717, 1.165) is 0 Å². The Morgan fingerprint density at radius 2 is 1.52 bits per heavy atom. The Hall–Kier alpha value is -0.860. The number of rotatable bonds is 1. The molecule has 120 valence electrons. The number of aliphatic hydroxyl groups is 6. The van der Waals surface area contributed by atoms with Crippen LogP contribution in [0.2, 0.25) is 0 Å². The van der Waals surface area contributed by atoms with Crippen LogP contribution in [0.25, 0.3) is 0 Å². The van der Waals surface area contributed by atoms with Crippen molar-refractivity contribution in [3.05, 3.63) is 0 Å². The minimum atomic E-state index is -4.77. The average Bonchev–Trinajstić information content (AvgIpc) is 2.66. The van der Waals surface area contributed by atoms with Crippen molar-refractivity contribution in [1.82, 2.24) is 0 Å². The first-order valence-corrected chi connectivity index (χ1v) is 6.90. The standard InChI is InChI=1S/C7H12N3O10P/c8-3(9)10-4(13)1(11)2(12)5(14)7(16)6(4,15)19-21(17,18-5)20-7/h1-2,11-16H,(H4,8,9,10)/t1-,2+,4-,5+,6+,7+,21?/m0/s1. The van der Waals surface area contributed by atoms with E-state index < -0.39 is 49.1 Å². The number of aliphatic imine (C=N–C) groups is 1. The lowest BCUT2D eigenvalue weighted by atomic mass is 9.73. The maximum atomic E-state index is 11.9. The van der Waals surface area contributed by atoms with Gasteiger partial charge >= 0.3 is 7.82 Å². The summed E-state index contributed by atoms with van der Waals surface area (Å²) >= 11 is 0. The van der Waals surface area contributed by atoms with Crippen LogP contribution in [-0.2, 0) is 18.1 Å². The third-order valence-electron chi connectivity index (χ3n) is 3.59. The van der Waals surface area contributed by atoms with Crippen molar-refractivity contribution in [2.75, 3.05) is 0 Å². The lowest BCUT2D eigenvalue weighted by Gasteiger charge is -2.56. The molecule has 0 aromatic rings. The van der Waals surface area contributed by atoms with Crippen LogP contribution in [0.5, 0.6) is 0 Å². The number of hydrogen-bond donors (Lipinski definition) is 8. The van der Waals surface area contributed by atoms with E-state index in [-0.39, 0.29) is 0 Å². The molecular weight excluding hydrogens is 317 g/mol. The average molecular weight is 329 g/mol. The van der Waals surface area contributed by atoms with Gasteiger partial charge in [0.2, 0.25) is 5.72 Å². The Labute approximate surface area is 115 Å². The molecule has 13 nitrogen and oxygen atoms in total. The van der Waals surface area contributed by atoms with Crippen LogP contribution in [-0.4, -0.2) is 71.9 Å². The van der Waals surface area contributed by atoms with Gasteiger partial charge in [-0.15, -0.1) is 0 Å². The fourth-order valence-corrected chi connectivity index (χ4v) is 4.43. The molecule has 3 aliphatic rings. The molecule has 2 bridgehead atoms. The smallest absolute Gasteiger partial charge is 0.385 e. The molecule has 0 radical (unpaired) electrons. The molecule has 2 saturated heterocycles. The van der Waals surface area contributed by atoms with Crippen molar-refractivity contribution in [2.45, 2.75) is 35.3 Å². The van der Waals surface area contributed by atoms with Crippen molar-refractivity contribution >= 4 is 13.8 Å². The molecule has 0 spiro atoms. The van der Waals surface area contributed by atoms with E-state index in [1.54, 1.807) is 0 Å². The Morgan fingerprint density at radius 3 is 2.00 bits per heavy atom. The molecule has 1 saturated carbocycles. The van der Waals surface area contributed by atoms with Gasteiger partial charge in [-0.1, -0.05) is 0 Å². The second-order valence-electron chi connectivity index (χ2n) is 4.86. The number of fused-ring (bicyclic) bond motifs is 1. The molecule has 0 aromatic carbocycles. The minimum absolute atomic E-state index is 0.892.